The standard InChI is InChI=1S/C18H14F2N2/c19-14-8-13(9-15(20)10-14)18-17-6-3-7-22(17)16-5-2-1-4-12(16)11-21-18/h1-10,18,21H,11H2/t18-/m0/s1. The number of nitrogens with zero attached hydrogens (tertiary/aromatic N) is 1. The molecule has 2 nitrogen and oxygen atoms in total. The fraction of sp³-hybridized carbons (Fsp3) is 0.111. The Morgan fingerprint density at radius 2 is 1.73 bits per heavy atom. The van der Waals surface area contributed by atoms with Crippen LogP contribution in [0.1, 0.15) is 22.9 Å². The van der Waals surface area contributed by atoms with Gasteiger partial charge in [0, 0.05) is 30.2 Å². The van der Waals surface area contributed by atoms with Gasteiger partial charge in [-0.05, 0) is 41.5 Å². The molecule has 1 aliphatic heterocycles. The summed E-state index contributed by atoms with van der Waals surface area (Å²) in [5.41, 5.74) is 3.80. The highest BCUT2D eigenvalue weighted by atomic mass is 19.1. The Kier molecular flexibility index (Phi) is 3.05. The SMILES string of the molecule is Fc1cc(F)cc([C@@H]2NCc3ccccc3-n3cccc32)c1. The van der Waals surface area contributed by atoms with Gasteiger partial charge in [-0.25, -0.2) is 8.78 Å². The van der Waals surface area contributed by atoms with Crippen molar-refractivity contribution >= 4 is 0 Å². The Labute approximate surface area is 127 Å². The topological polar surface area (TPSA) is 17.0 Å². The van der Waals surface area contributed by atoms with Gasteiger partial charge in [0.25, 0.3) is 0 Å². The lowest BCUT2D eigenvalue weighted by atomic mass is 10.0. The van der Waals surface area contributed by atoms with Crippen molar-refractivity contribution in [2.24, 2.45) is 0 Å². The molecule has 0 unspecified atom stereocenters. The molecule has 3 aromatic rings. The second-order valence-corrected chi connectivity index (χ2v) is 5.45. The molecule has 0 radical (unpaired) electrons. The molecule has 4 heteroatoms. The Morgan fingerprint density at radius 1 is 0.955 bits per heavy atom. The van der Waals surface area contributed by atoms with Crippen LogP contribution in [0.25, 0.3) is 5.69 Å². The number of benzene rings is 2. The Hall–Kier alpha value is -2.46. The third kappa shape index (κ3) is 2.12. The average molecular weight is 296 g/mol. The Bertz CT molecular complexity index is 818. The molecular weight excluding hydrogens is 282 g/mol. The van der Waals surface area contributed by atoms with Gasteiger partial charge < -0.3 is 9.88 Å². The summed E-state index contributed by atoms with van der Waals surface area (Å²) >= 11 is 0. The first-order chi connectivity index (χ1) is 10.7. The monoisotopic (exact) mass is 296 g/mol. The summed E-state index contributed by atoms with van der Waals surface area (Å²) in [5, 5.41) is 3.40. The molecular formula is C18H14F2N2. The summed E-state index contributed by atoms with van der Waals surface area (Å²) in [5.74, 6) is -1.12. The molecule has 4 rings (SSSR count). The predicted molar refractivity (Wildman–Crippen MR) is 80.8 cm³/mol. The molecule has 0 amide bonds. The maximum Gasteiger partial charge on any atom is 0.126 e. The fourth-order valence-electron chi connectivity index (χ4n) is 3.09. The molecule has 2 aromatic carbocycles. The van der Waals surface area contributed by atoms with Gasteiger partial charge in [-0.2, -0.15) is 0 Å². The van der Waals surface area contributed by atoms with Crippen molar-refractivity contribution in [1.82, 2.24) is 9.88 Å². The van der Waals surface area contributed by atoms with Crippen LogP contribution in [0.5, 0.6) is 0 Å². The van der Waals surface area contributed by atoms with Crippen LogP contribution in [0.2, 0.25) is 0 Å². The number of fused-ring (bicyclic) bond motifs is 3. The van der Waals surface area contributed by atoms with Crippen LogP contribution < -0.4 is 5.32 Å². The number of halogens is 2. The van der Waals surface area contributed by atoms with Crippen molar-refractivity contribution in [3.05, 3.63) is 89.2 Å². The van der Waals surface area contributed by atoms with Gasteiger partial charge in [0.15, 0.2) is 0 Å². The van der Waals surface area contributed by atoms with Gasteiger partial charge in [-0.3, -0.25) is 0 Å². The van der Waals surface area contributed by atoms with E-state index < -0.39 is 11.6 Å². The van der Waals surface area contributed by atoms with E-state index in [1.165, 1.54) is 12.1 Å². The molecule has 0 fully saturated rings. The van der Waals surface area contributed by atoms with Crippen molar-refractivity contribution in [3.8, 4) is 5.69 Å². The first-order valence-corrected chi connectivity index (χ1v) is 7.17. The highest BCUT2D eigenvalue weighted by molar-refractivity contribution is 5.46. The van der Waals surface area contributed by atoms with E-state index in [0.29, 0.717) is 12.1 Å². The van der Waals surface area contributed by atoms with Crippen LogP contribution in [0.3, 0.4) is 0 Å². The normalized spacial score (nSPS) is 16.7. The van der Waals surface area contributed by atoms with E-state index in [0.717, 1.165) is 23.0 Å². The molecule has 1 N–H and O–H groups in total. The van der Waals surface area contributed by atoms with Crippen LogP contribution in [0.4, 0.5) is 8.78 Å². The maximum absolute atomic E-state index is 13.6. The van der Waals surface area contributed by atoms with Crippen LogP contribution in [-0.4, -0.2) is 4.57 Å². The van der Waals surface area contributed by atoms with Gasteiger partial charge in [-0.15, -0.1) is 0 Å². The lowest BCUT2D eigenvalue weighted by Gasteiger charge is -2.18. The summed E-state index contributed by atoms with van der Waals surface area (Å²) in [6.45, 7) is 0.640. The number of para-hydroxylation sites is 1. The zero-order valence-electron chi connectivity index (χ0n) is 11.8. The number of nitrogens with one attached hydrogen (secondary N) is 1. The van der Waals surface area contributed by atoms with Gasteiger partial charge in [0.05, 0.1) is 6.04 Å². The summed E-state index contributed by atoms with van der Waals surface area (Å²) in [4.78, 5) is 0. The van der Waals surface area contributed by atoms with E-state index in [4.69, 9.17) is 0 Å². The number of hydrogen-bond acceptors (Lipinski definition) is 1. The minimum atomic E-state index is -0.559. The number of aromatic nitrogens is 1. The minimum Gasteiger partial charge on any atom is -0.319 e. The van der Waals surface area contributed by atoms with Gasteiger partial charge in [-0.1, -0.05) is 18.2 Å². The van der Waals surface area contributed by atoms with Crippen LogP contribution in [0.15, 0.2) is 60.8 Å². The maximum atomic E-state index is 13.6. The highest BCUT2D eigenvalue weighted by Crippen LogP contribution is 2.30. The second kappa shape index (κ2) is 5.07. The average Bonchev–Trinajstić information content (AvgIpc) is 2.90. The van der Waals surface area contributed by atoms with E-state index in [9.17, 15) is 8.78 Å². The second-order valence-electron chi connectivity index (χ2n) is 5.45. The number of hydrogen-bond donors (Lipinski definition) is 1. The fourth-order valence-corrected chi connectivity index (χ4v) is 3.09. The van der Waals surface area contributed by atoms with Gasteiger partial charge in [0.1, 0.15) is 11.6 Å². The molecule has 0 saturated carbocycles. The smallest absolute Gasteiger partial charge is 0.126 e. The minimum absolute atomic E-state index is 0.257. The van der Waals surface area contributed by atoms with Crippen molar-refractivity contribution in [2.75, 3.05) is 0 Å². The zero-order chi connectivity index (χ0) is 15.1. The Balaban J connectivity index is 1.88. The number of rotatable bonds is 1. The zero-order valence-corrected chi connectivity index (χ0v) is 11.8. The Morgan fingerprint density at radius 3 is 2.55 bits per heavy atom. The molecule has 2 heterocycles. The van der Waals surface area contributed by atoms with Crippen molar-refractivity contribution in [1.29, 1.82) is 0 Å². The van der Waals surface area contributed by atoms with E-state index >= 15 is 0 Å². The van der Waals surface area contributed by atoms with Crippen molar-refractivity contribution in [2.45, 2.75) is 12.6 Å². The molecule has 1 aliphatic rings. The molecule has 0 saturated heterocycles. The van der Waals surface area contributed by atoms with Crippen LogP contribution in [0, 0.1) is 11.6 Å². The first kappa shape index (κ1) is 13.2. The van der Waals surface area contributed by atoms with E-state index in [2.05, 4.69) is 22.0 Å². The molecule has 110 valence electrons. The molecule has 1 atom stereocenters. The predicted octanol–water partition coefficient (Wildman–Crippen LogP) is 3.95. The van der Waals surface area contributed by atoms with E-state index in [1.807, 2.05) is 30.5 Å². The van der Waals surface area contributed by atoms with Gasteiger partial charge >= 0.3 is 0 Å². The third-order valence-corrected chi connectivity index (χ3v) is 4.04. The first-order valence-electron chi connectivity index (χ1n) is 7.17. The third-order valence-electron chi connectivity index (χ3n) is 4.04. The molecule has 0 aliphatic carbocycles. The summed E-state index contributed by atoms with van der Waals surface area (Å²) in [6, 6.07) is 15.4. The van der Waals surface area contributed by atoms with E-state index in [-0.39, 0.29) is 6.04 Å². The van der Waals surface area contributed by atoms with E-state index in [1.54, 1.807) is 0 Å². The lowest BCUT2D eigenvalue weighted by Crippen LogP contribution is -2.21. The van der Waals surface area contributed by atoms with Gasteiger partial charge in [0.2, 0.25) is 0 Å². The summed E-state index contributed by atoms with van der Waals surface area (Å²) in [6.07, 6.45) is 1.98. The lowest BCUT2D eigenvalue weighted by molar-refractivity contribution is 0.558. The molecule has 22 heavy (non-hydrogen) atoms. The molecule has 1 aromatic heterocycles. The molecule has 0 bridgehead atoms. The summed E-state index contributed by atoms with van der Waals surface area (Å²) < 4.78 is 29.2. The largest absolute Gasteiger partial charge is 0.319 e. The van der Waals surface area contributed by atoms with Crippen molar-refractivity contribution < 1.29 is 8.78 Å². The van der Waals surface area contributed by atoms with Crippen molar-refractivity contribution in [3.63, 3.8) is 0 Å². The highest BCUT2D eigenvalue weighted by Gasteiger charge is 2.23. The quantitative estimate of drug-likeness (QED) is 0.719. The summed E-state index contributed by atoms with van der Waals surface area (Å²) in [7, 11) is 0. The van der Waals surface area contributed by atoms with Crippen LogP contribution in [-0.2, 0) is 6.54 Å². The van der Waals surface area contributed by atoms with Crippen LogP contribution >= 0.6 is 0 Å². The molecule has 0 spiro atoms.